The molecule has 1 aromatic carbocycles. The summed E-state index contributed by atoms with van der Waals surface area (Å²) in [5.74, 6) is 1.11. The summed E-state index contributed by atoms with van der Waals surface area (Å²) >= 11 is 3.34. The van der Waals surface area contributed by atoms with E-state index in [-0.39, 0.29) is 0 Å². The highest BCUT2D eigenvalue weighted by molar-refractivity contribution is 9.10. The van der Waals surface area contributed by atoms with E-state index in [1.54, 1.807) is 32.4 Å². The van der Waals surface area contributed by atoms with Crippen LogP contribution < -0.4 is 4.74 Å². The second kappa shape index (κ2) is 7.11. The Morgan fingerprint density at radius 3 is 2.52 bits per heavy atom. The molecule has 0 aliphatic heterocycles. The van der Waals surface area contributed by atoms with Crippen LogP contribution in [0.25, 0.3) is 0 Å². The number of nitrogens with zero attached hydrogens (tertiary/aromatic N) is 1. The lowest BCUT2D eigenvalue weighted by atomic mass is 9.89. The summed E-state index contributed by atoms with van der Waals surface area (Å²) in [4.78, 5) is 0.300. The normalized spacial score (nSPS) is 17.1. The topological polar surface area (TPSA) is 46.6 Å². The molecule has 0 atom stereocenters. The molecule has 0 N–H and O–H groups in total. The zero-order valence-corrected chi connectivity index (χ0v) is 14.9. The predicted molar refractivity (Wildman–Crippen MR) is 87.1 cm³/mol. The Kier molecular flexibility index (Phi) is 5.68. The fourth-order valence-electron chi connectivity index (χ4n) is 2.82. The minimum atomic E-state index is -3.44. The van der Waals surface area contributed by atoms with E-state index < -0.39 is 10.0 Å². The summed E-state index contributed by atoms with van der Waals surface area (Å²) in [5.41, 5.74) is 0. The van der Waals surface area contributed by atoms with Crippen molar-refractivity contribution in [3.8, 4) is 5.75 Å². The van der Waals surface area contributed by atoms with Crippen molar-refractivity contribution in [2.45, 2.75) is 37.0 Å². The molecule has 1 aliphatic rings. The largest absolute Gasteiger partial charge is 0.496 e. The van der Waals surface area contributed by atoms with Crippen LogP contribution >= 0.6 is 15.9 Å². The van der Waals surface area contributed by atoms with Crippen molar-refractivity contribution >= 4 is 26.0 Å². The van der Waals surface area contributed by atoms with Gasteiger partial charge >= 0.3 is 0 Å². The maximum absolute atomic E-state index is 12.6. The Hall–Kier alpha value is -0.590. The zero-order chi connectivity index (χ0) is 15.5. The van der Waals surface area contributed by atoms with Crippen molar-refractivity contribution in [1.29, 1.82) is 0 Å². The van der Waals surface area contributed by atoms with Gasteiger partial charge in [0.15, 0.2) is 0 Å². The molecule has 0 heterocycles. The van der Waals surface area contributed by atoms with Gasteiger partial charge in [-0.1, -0.05) is 19.3 Å². The highest BCUT2D eigenvalue weighted by atomic mass is 79.9. The second-order valence-electron chi connectivity index (χ2n) is 5.59. The summed E-state index contributed by atoms with van der Waals surface area (Å²) in [6.45, 7) is 0.603. The van der Waals surface area contributed by atoms with Gasteiger partial charge in [-0.2, -0.15) is 0 Å². The third-order valence-electron chi connectivity index (χ3n) is 4.07. The number of sulfonamides is 1. The number of hydrogen-bond donors (Lipinski definition) is 0. The van der Waals surface area contributed by atoms with Gasteiger partial charge in [0.2, 0.25) is 10.0 Å². The van der Waals surface area contributed by atoms with Crippen molar-refractivity contribution in [3.05, 3.63) is 22.7 Å². The molecule has 0 unspecified atom stereocenters. The van der Waals surface area contributed by atoms with Crippen LogP contribution in [0.15, 0.2) is 27.6 Å². The molecule has 2 rings (SSSR count). The molecule has 0 bridgehead atoms. The monoisotopic (exact) mass is 375 g/mol. The van der Waals surface area contributed by atoms with Crippen LogP contribution in [0, 0.1) is 5.92 Å². The van der Waals surface area contributed by atoms with E-state index in [0.29, 0.717) is 27.6 Å². The Labute approximate surface area is 135 Å². The lowest BCUT2D eigenvalue weighted by Crippen LogP contribution is -2.32. The second-order valence-corrected chi connectivity index (χ2v) is 8.49. The molecule has 4 nitrogen and oxygen atoms in total. The van der Waals surface area contributed by atoms with Crippen molar-refractivity contribution < 1.29 is 13.2 Å². The van der Waals surface area contributed by atoms with Crippen LogP contribution in [0.1, 0.15) is 32.1 Å². The number of rotatable bonds is 5. The lowest BCUT2D eigenvalue weighted by molar-refractivity contribution is 0.300. The van der Waals surface area contributed by atoms with Crippen LogP contribution in [-0.2, 0) is 10.0 Å². The van der Waals surface area contributed by atoms with Crippen molar-refractivity contribution in [3.63, 3.8) is 0 Å². The number of hydrogen-bond acceptors (Lipinski definition) is 3. The van der Waals surface area contributed by atoms with E-state index in [1.807, 2.05) is 0 Å². The highest BCUT2D eigenvalue weighted by Gasteiger charge is 2.25. The Balaban J connectivity index is 2.14. The van der Waals surface area contributed by atoms with Crippen molar-refractivity contribution in [2.75, 3.05) is 20.7 Å². The minimum Gasteiger partial charge on any atom is -0.496 e. The molecule has 1 saturated carbocycles. The molecule has 1 fully saturated rings. The Bertz CT molecular complexity index is 583. The average molecular weight is 376 g/mol. The van der Waals surface area contributed by atoms with Gasteiger partial charge in [0, 0.05) is 13.6 Å². The molecule has 21 heavy (non-hydrogen) atoms. The summed E-state index contributed by atoms with van der Waals surface area (Å²) in [5, 5.41) is 0. The maximum atomic E-state index is 12.6. The average Bonchev–Trinajstić information content (AvgIpc) is 2.48. The fourth-order valence-corrected chi connectivity index (χ4v) is 4.78. The molecule has 0 aromatic heterocycles. The zero-order valence-electron chi connectivity index (χ0n) is 12.5. The third-order valence-corrected chi connectivity index (χ3v) is 6.51. The van der Waals surface area contributed by atoms with Crippen LogP contribution in [0.4, 0.5) is 0 Å². The van der Waals surface area contributed by atoms with Crippen LogP contribution in [0.3, 0.4) is 0 Å². The van der Waals surface area contributed by atoms with Crippen molar-refractivity contribution in [1.82, 2.24) is 4.31 Å². The first kappa shape index (κ1) is 16.8. The number of benzene rings is 1. The number of halogens is 1. The molecule has 0 amide bonds. The van der Waals surface area contributed by atoms with Gasteiger partial charge in [-0.15, -0.1) is 0 Å². The van der Waals surface area contributed by atoms with Crippen LogP contribution in [0.5, 0.6) is 5.75 Å². The number of ether oxygens (including phenoxy) is 1. The molecule has 118 valence electrons. The van der Waals surface area contributed by atoms with Gasteiger partial charge in [-0.05, 0) is 52.9 Å². The summed E-state index contributed by atoms with van der Waals surface area (Å²) < 4.78 is 32.5. The molecule has 0 spiro atoms. The third kappa shape index (κ3) is 3.99. The first-order valence-electron chi connectivity index (χ1n) is 7.25. The molecule has 1 aliphatic carbocycles. The molecule has 1 aromatic rings. The molecular formula is C15H22BrNO3S. The molecular weight excluding hydrogens is 354 g/mol. The first-order valence-corrected chi connectivity index (χ1v) is 9.48. The van der Waals surface area contributed by atoms with E-state index >= 15 is 0 Å². The molecule has 0 saturated heterocycles. The Morgan fingerprint density at radius 1 is 1.29 bits per heavy atom. The van der Waals surface area contributed by atoms with E-state index in [9.17, 15) is 8.42 Å². The number of methoxy groups -OCH3 is 1. The van der Waals surface area contributed by atoms with Crippen LogP contribution in [-0.4, -0.2) is 33.4 Å². The fraction of sp³-hybridized carbons (Fsp3) is 0.600. The van der Waals surface area contributed by atoms with Crippen molar-refractivity contribution in [2.24, 2.45) is 5.92 Å². The molecule has 6 heteroatoms. The smallest absolute Gasteiger partial charge is 0.242 e. The van der Waals surface area contributed by atoms with Gasteiger partial charge in [0.05, 0.1) is 16.5 Å². The minimum absolute atomic E-state index is 0.300. The first-order chi connectivity index (χ1) is 9.95. The van der Waals surface area contributed by atoms with Crippen LogP contribution in [0.2, 0.25) is 0 Å². The van der Waals surface area contributed by atoms with Gasteiger partial charge in [-0.25, -0.2) is 12.7 Å². The quantitative estimate of drug-likeness (QED) is 0.788. The highest BCUT2D eigenvalue weighted by Crippen LogP contribution is 2.30. The maximum Gasteiger partial charge on any atom is 0.242 e. The van der Waals surface area contributed by atoms with E-state index in [2.05, 4.69) is 15.9 Å². The van der Waals surface area contributed by atoms with Gasteiger partial charge < -0.3 is 4.74 Å². The standard InChI is InChI=1S/C15H22BrNO3S/c1-17(11-12-6-4-3-5-7-12)21(18,19)13-8-9-15(20-2)14(16)10-13/h8-10,12H,3-7,11H2,1-2H3. The summed E-state index contributed by atoms with van der Waals surface area (Å²) in [7, 11) is -0.210. The van der Waals surface area contributed by atoms with E-state index in [4.69, 9.17) is 4.74 Å². The Morgan fingerprint density at radius 2 is 1.95 bits per heavy atom. The lowest BCUT2D eigenvalue weighted by Gasteiger charge is -2.26. The van der Waals surface area contributed by atoms with Gasteiger partial charge in [0.1, 0.15) is 5.75 Å². The van der Waals surface area contributed by atoms with E-state index in [1.165, 1.54) is 23.6 Å². The predicted octanol–water partition coefficient (Wildman–Crippen LogP) is 3.66. The van der Waals surface area contributed by atoms with Gasteiger partial charge in [-0.3, -0.25) is 0 Å². The van der Waals surface area contributed by atoms with E-state index in [0.717, 1.165) is 12.8 Å². The summed E-state index contributed by atoms with van der Waals surface area (Å²) in [6, 6.07) is 4.87. The van der Waals surface area contributed by atoms with Gasteiger partial charge in [0.25, 0.3) is 0 Å². The summed E-state index contributed by atoms with van der Waals surface area (Å²) in [6.07, 6.45) is 5.97. The molecule has 0 radical (unpaired) electrons. The SMILES string of the molecule is COc1ccc(S(=O)(=O)N(C)CC2CCCCC2)cc1Br.